The SMILES string of the molecule is Cc1ccc(-n2c(C)cc(C(=O)OCC(=O)N[C@H]3CCCC[C@H]3C)c2C)cc1. The fraction of sp³-hybridized carbons (Fsp3) is 0.478. The molecule has 1 aliphatic rings. The van der Waals surface area contributed by atoms with Gasteiger partial charge in [-0.05, 0) is 57.7 Å². The van der Waals surface area contributed by atoms with E-state index in [1.165, 1.54) is 12.0 Å². The molecule has 0 spiro atoms. The largest absolute Gasteiger partial charge is 0.452 e. The van der Waals surface area contributed by atoms with E-state index < -0.39 is 5.97 Å². The van der Waals surface area contributed by atoms with E-state index in [1.807, 2.05) is 55.7 Å². The van der Waals surface area contributed by atoms with Gasteiger partial charge < -0.3 is 14.6 Å². The maximum absolute atomic E-state index is 12.6. The molecule has 2 aromatic rings. The molecule has 0 radical (unpaired) electrons. The van der Waals surface area contributed by atoms with Gasteiger partial charge in [-0.15, -0.1) is 0 Å². The third-order valence-corrected chi connectivity index (χ3v) is 5.74. The molecular formula is C23H30N2O3. The van der Waals surface area contributed by atoms with E-state index >= 15 is 0 Å². The second-order valence-electron chi connectivity index (χ2n) is 7.97. The molecular weight excluding hydrogens is 352 g/mol. The number of aryl methyl sites for hydroxylation is 2. The van der Waals surface area contributed by atoms with E-state index in [0.717, 1.165) is 36.3 Å². The Hall–Kier alpha value is -2.56. The van der Waals surface area contributed by atoms with Crippen LogP contribution in [0.15, 0.2) is 30.3 Å². The predicted octanol–water partition coefficient (Wildman–Crippen LogP) is 4.25. The summed E-state index contributed by atoms with van der Waals surface area (Å²) in [7, 11) is 0. The lowest BCUT2D eigenvalue weighted by Gasteiger charge is -2.29. The fourth-order valence-electron chi connectivity index (χ4n) is 4.05. The minimum atomic E-state index is -0.460. The summed E-state index contributed by atoms with van der Waals surface area (Å²) in [6.07, 6.45) is 4.49. The molecule has 1 aromatic heterocycles. The highest BCUT2D eigenvalue weighted by Gasteiger charge is 2.24. The number of carbonyl (C=O) groups is 2. The number of hydrogen-bond donors (Lipinski definition) is 1. The van der Waals surface area contributed by atoms with Crippen LogP contribution in [0.1, 0.15) is 59.9 Å². The molecule has 0 bridgehead atoms. The van der Waals surface area contributed by atoms with Gasteiger partial charge in [0.05, 0.1) is 5.56 Å². The Labute approximate surface area is 167 Å². The first-order valence-electron chi connectivity index (χ1n) is 10.1. The van der Waals surface area contributed by atoms with Crippen molar-refractivity contribution in [1.82, 2.24) is 9.88 Å². The molecule has 3 rings (SSSR count). The highest BCUT2D eigenvalue weighted by molar-refractivity contribution is 5.93. The van der Waals surface area contributed by atoms with Crippen LogP contribution in [0.3, 0.4) is 0 Å². The van der Waals surface area contributed by atoms with Crippen LogP contribution in [-0.4, -0.2) is 29.1 Å². The van der Waals surface area contributed by atoms with E-state index in [4.69, 9.17) is 4.74 Å². The first-order valence-corrected chi connectivity index (χ1v) is 10.1. The number of benzene rings is 1. The lowest BCUT2D eigenvalue weighted by atomic mass is 9.86. The van der Waals surface area contributed by atoms with Gasteiger partial charge in [-0.2, -0.15) is 0 Å². The summed E-state index contributed by atoms with van der Waals surface area (Å²) in [5.74, 6) is -0.209. The Kier molecular flexibility index (Phi) is 6.22. The first-order chi connectivity index (χ1) is 13.4. The van der Waals surface area contributed by atoms with Crippen LogP contribution < -0.4 is 5.32 Å². The number of hydrogen-bond acceptors (Lipinski definition) is 3. The number of ether oxygens (including phenoxy) is 1. The second kappa shape index (κ2) is 8.63. The molecule has 1 fully saturated rings. The average Bonchev–Trinajstić information content (AvgIpc) is 2.97. The van der Waals surface area contributed by atoms with E-state index in [0.29, 0.717) is 11.5 Å². The molecule has 150 valence electrons. The average molecular weight is 383 g/mol. The van der Waals surface area contributed by atoms with E-state index in [-0.39, 0.29) is 18.6 Å². The highest BCUT2D eigenvalue weighted by Crippen LogP contribution is 2.24. The predicted molar refractivity (Wildman–Crippen MR) is 110 cm³/mol. The normalized spacial score (nSPS) is 19.3. The lowest BCUT2D eigenvalue weighted by molar-refractivity contribution is -0.125. The van der Waals surface area contributed by atoms with E-state index in [1.54, 1.807) is 0 Å². The molecule has 1 amide bonds. The van der Waals surface area contributed by atoms with Gasteiger partial charge in [-0.1, -0.05) is 37.5 Å². The van der Waals surface area contributed by atoms with Crippen molar-refractivity contribution in [1.29, 1.82) is 0 Å². The van der Waals surface area contributed by atoms with Gasteiger partial charge in [0.2, 0.25) is 0 Å². The number of carbonyl (C=O) groups excluding carboxylic acids is 2. The molecule has 0 aliphatic heterocycles. The van der Waals surface area contributed by atoms with Crippen molar-refractivity contribution in [3.63, 3.8) is 0 Å². The Morgan fingerprint density at radius 1 is 1.11 bits per heavy atom. The molecule has 1 saturated carbocycles. The standard InChI is InChI=1S/C23H30N2O3/c1-15-9-11-19(12-10-15)25-17(3)13-20(18(25)4)23(27)28-14-22(26)24-21-8-6-5-7-16(21)2/h9-13,16,21H,5-8,14H2,1-4H3,(H,24,26)/t16-,21+/m1/s1. The molecule has 1 aromatic carbocycles. The third kappa shape index (κ3) is 4.46. The molecule has 2 atom stereocenters. The highest BCUT2D eigenvalue weighted by atomic mass is 16.5. The summed E-state index contributed by atoms with van der Waals surface area (Å²) >= 11 is 0. The Bertz CT molecular complexity index is 851. The summed E-state index contributed by atoms with van der Waals surface area (Å²) in [5, 5.41) is 3.02. The Balaban J connectivity index is 1.64. The van der Waals surface area contributed by atoms with Crippen LogP contribution in [0.2, 0.25) is 0 Å². The van der Waals surface area contributed by atoms with Crippen molar-refractivity contribution in [2.75, 3.05) is 6.61 Å². The monoisotopic (exact) mass is 382 g/mol. The van der Waals surface area contributed by atoms with E-state index in [9.17, 15) is 9.59 Å². The quantitative estimate of drug-likeness (QED) is 0.786. The van der Waals surface area contributed by atoms with Crippen molar-refractivity contribution >= 4 is 11.9 Å². The number of aromatic nitrogens is 1. The second-order valence-corrected chi connectivity index (χ2v) is 7.97. The summed E-state index contributed by atoms with van der Waals surface area (Å²) in [4.78, 5) is 24.8. The molecule has 1 N–H and O–H groups in total. The minimum absolute atomic E-state index is 0.187. The van der Waals surface area contributed by atoms with Gasteiger partial charge in [0.1, 0.15) is 0 Å². The number of nitrogens with zero attached hydrogens (tertiary/aromatic N) is 1. The number of esters is 1. The van der Waals surface area contributed by atoms with Gasteiger partial charge in [0.15, 0.2) is 6.61 Å². The minimum Gasteiger partial charge on any atom is -0.452 e. The molecule has 5 nitrogen and oxygen atoms in total. The smallest absolute Gasteiger partial charge is 0.340 e. The van der Waals surface area contributed by atoms with Crippen LogP contribution in [0.25, 0.3) is 5.69 Å². The van der Waals surface area contributed by atoms with Gasteiger partial charge >= 0.3 is 5.97 Å². The maximum atomic E-state index is 12.6. The zero-order valence-corrected chi connectivity index (χ0v) is 17.2. The van der Waals surface area contributed by atoms with Crippen LogP contribution in [-0.2, 0) is 9.53 Å². The Morgan fingerprint density at radius 2 is 1.79 bits per heavy atom. The summed E-state index contributed by atoms with van der Waals surface area (Å²) in [6.45, 7) is 7.82. The topological polar surface area (TPSA) is 60.3 Å². The van der Waals surface area contributed by atoms with Crippen LogP contribution in [0, 0.1) is 26.7 Å². The lowest BCUT2D eigenvalue weighted by Crippen LogP contribution is -2.42. The van der Waals surface area contributed by atoms with Crippen molar-refractivity contribution < 1.29 is 14.3 Å². The number of nitrogens with one attached hydrogen (secondary N) is 1. The van der Waals surface area contributed by atoms with Gasteiger partial charge in [-0.25, -0.2) is 4.79 Å². The van der Waals surface area contributed by atoms with Crippen molar-refractivity contribution in [2.45, 2.75) is 59.4 Å². The zero-order valence-electron chi connectivity index (χ0n) is 17.2. The fourth-order valence-corrected chi connectivity index (χ4v) is 4.05. The van der Waals surface area contributed by atoms with Crippen LogP contribution in [0.5, 0.6) is 0 Å². The molecule has 0 unspecified atom stereocenters. The number of amides is 1. The summed E-state index contributed by atoms with van der Waals surface area (Å²) in [5.41, 5.74) is 4.45. The Morgan fingerprint density at radius 3 is 2.46 bits per heavy atom. The summed E-state index contributed by atoms with van der Waals surface area (Å²) in [6, 6.07) is 10.2. The first kappa shape index (κ1) is 20.2. The van der Waals surface area contributed by atoms with Gasteiger partial charge in [0, 0.05) is 23.1 Å². The summed E-state index contributed by atoms with van der Waals surface area (Å²) < 4.78 is 7.33. The molecule has 1 aliphatic carbocycles. The van der Waals surface area contributed by atoms with Crippen molar-refractivity contribution in [3.05, 3.63) is 52.8 Å². The van der Waals surface area contributed by atoms with Crippen LogP contribution >= 0.6 is 0 Å². The number of rotatable bonds is 5. The van der Waals surface area contributed by atoms with Crippen LogP contribution in [0.4, 0.5) is 0 Å². The van der Waals surface area contributed by atoms with E-state index in [2.05, 4.69) is 12.2 Å². The van der Waals surface area contributed by atoms with Crippen molar-refractivity contribution in [2.24, 2.45) is 5.92 Å². The maximum Gasteiger partial charge on any atom is 0.340 e. The van der Waals surface area contributed by atoms with Gasteiger partial charge in [-0.3, -0.25) is 4.79 Å². The van der Waals surface area contributed by atoms with Crippen molar-refractivity contribution in [3.8, 4) is 5.69 Å². The zero-order chi connectivity index (χ0) is 20.3. The molecule has 5 heteroatoms. The van der Waals surface area contributed by atoms with Gasteiger partial charge in [0.25, 0.3) is 5.91 Å². The molecule has 28 heavy (non-hydrogen) atoms. The molecule has 1 heterocycles. The third-order valence-electron chi connectivity index (χ3n) is 5.74. The molecule has 0 saturated heterocycles.